The molecule has 3 rings (SSSR count). The van der Waals surface area contributed by atoms with Gasteiger partial charge in [-0.3, -0.25) is 0 Å². The molecular weight excluding hydrogens is 284 g/mol. The Balaban J connectivity index is 1.81. The summed E-state index contributed by atoms with van der Waals surface area (Å²) in [5, 5.41) is 0. The molecule has 3 aromatic carbocycles. The molecule has 0 spiro atoms. The third-order valence-corrected chi connectivity index (χ3v) is 3.39. The fourth-order valence-electron chi connectivity index (χ4n) is 2.19. The van der Waals surface area contributed by atoms with Gasteiger partial charge in [0.2, 0.25) is 0 Å². The van der Waals surface area contributed by atoms with E-state index in [1.807, 2.05) is 78.9 Å². The Bertz CT molecular complexity index is 806. The van der Waals surface area contributed by atoms with Crippen LogP contribution in [-0.2, 0) is 0 Å². The fourth-order valence-corrected chi connectivity index (χ4v) is 2.19. The zero-order valence-electron chi connectivity index (χ0n) is 12.6. The first-order valence-electron chi connectivity index (χ1n) is 7.42. The van der Waals surface area contributed by atoms with Crippen LogP contribution in [0, 0.1) is 0 Å². The van der Waals surface area contributed by atoms with Crippen molar-refractivity contribution in [3.8, 4) is 5.75 Å². The van der Waals surface area contributed by atoms with E-state index in [2.05, 4.69) is 0 Å². The van der Waals surface area contributed by atoms with E-state index < -0.39 is 0 Å². The van der Waals surface area contributed by atoms with Crippen LogP contribution in [0.4, 0.5) is 0 Å². The largest absolute Gasteiger partial charge is 0.422 e. The van der Waals surface area contributed by atoms with Crippen LogP contribution in [0.15, 0.2) is 84.9 Å². The van der Waals surface area contributed by atoms with Gasteiger partial charge >= 0.3 is 5.97 Å². The molecule has 2 nitrogen and oxygen atoms in total. The molecule has 0 aliphatic carbocycles. The number of carbonyl (C=O) groups is 1. The van der Waals surface area contributed by atoms with Gasteiger partial charge < -0.3 is 4.74 Å². The van der Waals surface area contributed by atoms with Gasteiger partial charge in [-0.05, 0) is 23.8 Å². The molecule has 23 heavy (non-hydrogen) atoms. The second kappa shape index (κ2) is 7.23. The van der Waals surface area contributed by atoms with E-state index in [0.29, 0.717) is 11.3 Å². The van der Waals surface area contributed by atoms with Crippen LogP contribution in [0.5, 0.6) is 5.75 Å². The van der Waals surface area contributed by atoms with Crippen molar-refractivity contribution < 1.29 is 9.53 Å². The van der Waals surface area contributed by atoms with Gasteiger partial charge in [-0.25, -0.2) is 4.79 Å². The number of rotatable bonds is 4. The van der Waals surface area contributed by atoms with E-state index in [0.717, 1.165) is 11.1 Å². The summed E-state index contributed by atoms with van der Waals surface area (Å²) in [5.74, 6) is 0.194. The third kappa shape index (κ3) is 3.95. The van der Waals surface area contributed by atoms with Crippen molar-refractivity contribution >= 4 is 18.1 Å². The summed E-state index contributed by atoms with van der Waals surface area (Å²) >= 11 is 0. The normalized spacial score (nSPS) is 10.6. The van der Waals surface area contributed by atoms with E-state index in [1.54, 1.807) is 18.2 Å². The summed E-state index contributed by atoms with van der Waals surface area (Å²) in [6.07, 6.45) is 3.94. The number of ether oxygens (including phenoxy) is 1. The Kier molecular flexibility index (Phi) is 4.65. The lowest BCUT2D eigenvalue weighted by atomic mass is 10.1. The fraction of sp³-hybridized carbons (Fsp3) is 0. The number of benzene rings is 3. The molecule has 0 saturated heterocycles. The number of carbonyl (C=O) groups excluding carboxylic acids is 1. The summed E-state index contributed by atoms with van der Waals surface area (Å²) in [7, 11) is 0. The standard InChI is InChI=1S/C21H16O2/c22-21(19-12-5-2-6-13-19)23-20-14-8-7-11-18(20)16-15-17-9-3-1-4-10-17/h1-16H. The lowest BCUT2D eigenvalue weighted by Crippen LogP contribution is -2.08. The van der Waals surface area contributed by atoms with Gasteiger partial charge in [0.25, 0.3) is 0 Å². The first-order valence-corrected chi connectivity index (χ1v) is 7.42. The van der Waals surface area contributed by atoms with E-state index in [4.69, 9.17) is 4.74 Å². The zero-order valence-corrected chi connectivity index (χ0v) is 12.6. The Morgan fingerprint density at radius 3 is 2.04 bits per heavy atom. The molecule has 0 amide bonds. The zero-order chi connectivity index (χ0) is 15.9. The minimum Gasteiger partial charge on any atom is -0.422 e. The summed E-state index contributed by atoms with van der Waals surface area (Å²) < 4.78 is 5.53. The van der Waals surface area contributed by atoms with Crippen LogP contribution in [0.2, 0.25) is 0 Å². The van der Waals surface area contributed by atoms with Gasteiger partial charge in [0.05, 0.1) is 5.56 Å². The molecule has 0 saturated carbocycles. The molecule has 0 unspecified atom stereocenters. The van der Waals surface area contributed by atoms with Crippen LogP contribution in [0.25, 0.3) is 12.2 Å². The Morgan fingerprint density at radius 2 is 1.30 bits per heavy atom. The summed E-state index contributed by atoms with van der Waals surface area (Å²) in [4.78, 5) is 12.2. The van der Waals surface area contributed by atoms with Crippen molar-refractivity contribution in [3.05, 3.63) is 102 Å². The molecule has 0 fully saturated rings. The van der Waals surface area contributed by atoms with Crippen molar-refractivity contribution in [2.24, 2.45) is 0 Å². The molecule has 3 aromatic rings. The predicted octanol–water partition coefficient (Wildman–Crippen LogP) is 5.08. The van der Waals surface area contributed by atoms with Gasteiger partial charge in [0, 0.05) is 5.56 Å². The Hall–Kier alpha value is -3.13. The van der Waals surface area contributed by atoms with Crippen molar-refractivity contribution in [2.75, 3.05) is 0 Å². The monoisotopic (exact) mass is 300 g/mol. The van der Waals surface area contributed by atoms with E-state index >= 15 is 0 Å². The number of hydrogen-bond donors (Lipinski definition) is 0. The van der Waals surface area contributed by atoms with E-state index in [9.17, 15) is 4.79 Å². The molecule has 0 bridgehead atoms. The Labute approximate surface area is 135 Å². The van der Waals surface area contributed by atoms with Crippen LogP contribution in [0.1, 0.15) is 21.5 Å². The molecule has 0 N–H and O–H groups in total. The minimum absolute atomic E-state index is 0.355. The maximum Gasteiger partial charge on any atom is 0.343 e. The number of esters is 1. The molecule has 0 heterocycles. The molecule has 0 radical (unpaired) electrons. The molecule has 0 aliphatic heterocycles. The topological polar surface area (TPSA) is 26.3 Å². The molecule has 0 aliphatic rings. The predicted molar refractivity (Wildman–Crippen MR) is 93.2 cm³/mol. The molecule has 112 valence electrons. The smallest absolute Gasteiger partial charge is 0.343 e. The average molecular weight is 300 g/mol. The van der Waals surface area contributed by atoms with Gasteiger partial charge in [-0.15, -0.1) is 0 Å². The number of para-hydroxylation sites is 1. The van der Waals surface area contributed by atoms with Gasteiger partial charge in [0.1, 0.15) is 5.75 Å². The van der Waals surface area contributed by atoms with Crippen molar-refractivity contribution in [2.45, 2.75) is 0 Å². The quantitative estimate of drug-likeness (QED) is 0.382. The van der Waals surface area contributed by atoms with Gasteiger partial charge in [0.15, 0.2) is 0 Å². The SMILES string of the molecule is O=C(Oc1ccccc1C=Cc1ccccc1)c1ccccc1. The minimum atomic E-state index is -0.355. The molecular formula is C21H16O2. The van der Waals surface area contributed by atoms with Gasteiger partial charge in [-0.1, -0.05) is 78.9 Å². The van der Waals surface area contributed by atoms with E-state index in [1.165, 1.54) is 0 Å². The highest BCUT2D eigenvalue weighted by Crippen LogP contribution is 2.22. The Morgan fingerprint density at radius 1 is 0.696 bits per heavy atom. The van der Waals surface area contributed by atoms with E-state index in [-0.39, 0.29) is 5.97 Å². The lowest BCUT2D eigenvalue weighted by Gasteiger charge is -2.07. The maximum atomic E-state index is 12.2. The first-order chi connectivity index (χ1) is 11.3. The highest BCUT2D eigenvalue weighted by Gasteiger charge is 2.09. The van der Waals surface area contributed by atoms with Gasteiger partial charge in [-0.2, -0.15) is 0 Å². The highest BCUT2D eigenvalue weighted by molar-refractivity contribution is 5.91. The molecule has 0 aromatic heterocycles. The lowest BCUT2D eigenvalue weighted by molar-refractivity contribution is 0.0734. The van der Waals surface area contributed by atoms with Crippen molar-refractivity contribution in [1.29, 1.82) is 0 Å². The maximum absolute atomic E-state index is 12.2. The summed E-state index contributed by atoms with van der Waals surface area (Å²) in [6, 6.07) is 26.5. The third-order valence-electron chi connectivity index (χ3n) is 3.39. The molecule has 0 atom stereocenters. The summed E-state index contributed by atoms with van der Waals surface area (Å²) in [5.41, 5.74) is 2.49. The second-order valence-electron chi connectivity index (χ2n) is 5.04. The van der Waals surface area contributed by atoms with Crippen LogP contribution < -0.4 is 4.74 Å². The second-order valence-corrected chi connectivity index (χ2v) is 5.04. The average Bonchev–Trinajstić information content (AvgIpc) is 2.62. The number of hydrogen-bond acceptors (Lipinski definition) is 2. The van der Waals surface area contributed by atoms with Crippen molar-refractivity contribution in [3.63, 3.8) is 0 Å². The van der Waals surface area contributed by atoms with Crippen LogP contribution in [-0.4, -0.2) is 5.97 Å². The van der Waals surface area contributed by atoms with Crippen LogP contribution in [0.3, 0.4) is 0 Å². The van der Waals surface area contributed by atoms with Crippen LogP contribution >= 0.6 is 0 Å². The first kappa shape index (κ1) is 14.8. The highest BCUT2D eigenvalue weighted by atomic mass is 16.5. The summed E-state index contributed by atoms with van der Waals surface area (Å²) in [6.45, 7) is 0. The molecule has 2 heteroatoms. The van der Waals surface area contributed by atoms with Crippen molar-refractivity contribution in [1.82, 2.24) is 0 Å².